The number of amides is 1. The Morgan fingerprint density at radius 2 is 1.69 bits per heavy atom. The lowest BCUT2D eigenvalue weighted by Gasteiger charge is -2.21. The molecule has 4 aromatic rings. The van der Waals surface area contributed by atoms with Gasteiger partial charge in [0.05, 0.1) is 24.2 Å². The molecule has 202 valence electrons. The van der Waals surface area contributed by atoms with Crippen LogP contribution in [0, 0.1) is 20.8 Å². The van der Waals surface area contributed by atoms with E-state index >= 15 is 0 Å². The van der Waals surface area contributed by atoms with Gasteiger partial charge < -0.3 is 4.74 Å². The normalized spacial score (nSPS) is 13.5. The molecule has 8 nitrogen and oxygen atoms in total. The van der Waals surface area contributed by atoms with Gasteiger partial charge in [0, 0.05) is 23.5 Å². The molecule has 9 heteroatoms. The summed E-state index contributed by atoms with van der Waals surface area (Å²) in [6.07, 6.45) is 3.33. The lowest BCUT2D eigenvalue weighted by molar-refractivity contribution is -0.116. The second-order valence-electron chi connectivity index (χ2n) is 9.96. The average molecular weight is 545 g/mol. The first kappa shape index (κ1) is 26.6. The predicted molar refractivity (Wildman–Crippen MR) is 152 cm³/mol. The second kappa shape index (κ2) is 10.7. The molecule has 1 aliphatic carbocycles. The number of benzene rings is 3. The van der Waals surface area contributed by atoms with E-state index in [1.54, 1.807) is 31.4 Å². The van der Waals surface area contributed by atoms with Crippen molar-refractivity contribution in [3.8, 4) is 22.7 Å². The van der Waals surface area contributed by atoms with Crippen LogP contribution in [0.4, 0.5) is 5.95 Å². The Hall–Kier alpha value is -3.95. The monoisotopic (exact) mass is 544 g/mol. The van der Waals surface area contributed by atoms with Crippen LogP contribution in [0.3, 0.4) is 0 Å². The molecule has 1 N–H and O–H groups in total. The Balaban J connectivity index is 1.45. The highest BCUT2D eigenvalue weighted by Gasteiger charge is 2.39. The standard InChI is InChI=1S/C30H32N4O4S/c1-20-5-15-27(16-6-20)39(36,37)34(24-11-12-24)19-29(35)32-30-31-28(23-8-13-26(38-4)14-9-23)18-33(30)25-10-7-21(2)22(3)17-25/h5-10,13-18,24H,11-12,19H2,1-4H3,(H,31,32,35). The molecule has 0 unspecified atom stereocenters. The number of carbonyl (C=O) groups excluding carboxylic acids is 1. The lowest BCUT2D eigenvalue weighted by Crippen LogP contribution is -2.39. The van der Waals surface area contributed by atoms with Crippen molar-refractivity contribution in [1.29, 1.82) is 0 Å². The van der Waals surface area contributed by atoms with E-state index < -0.39 is 15.9 Å². The van der Waals surface area contributed by atoms with Gasteiger partial charge in [0.1, 0.15) is 5.75 Å². The average Bonchev–Trinajstić information content (AvgIpc) is 3.68. The van der Waals surface area contributed by atoms with E-state index in [0.717, 1.165) is 46.5 Å². The maximum Gasteiger partial charge on any atom is 0.243 e. The first-order valence-corrected chi connectivity index (χ1v) is 14.3. The molecule has 1 heterocycles. The van der Waals surface area contributed by atoms with Crippen molar-refractivity contribution in [3.63, 3.8) is 0 Å². The lowest BCUT2D eigenvalue weighted by atomic mass is 10.1. The molecule has 1 aliphatic rings. The summed E-state index contributed by atoms with van der Waals surface area (Å²) in [7, 11) is -2.21. The Kier molecular flexibility index (Phi) is 7.29. The number of carbonyl (C=O) groups is 1. The van der Waals surface area contributed by atoms with Gasteiger partial charge in [-0.15, -0.1) is 0 Å². The van der Waals surface area contributed by atoms with Crippen LogP contribution >= 0.6 is 0 Å². The van der Waals surface area contributed by atoms with Gasteiger partial charge in [-0.3, -0.25) is 14.7 Å². The molecule has 0 bridgehead atoms. The first-order valence-electron chi connectivity index (χ1n) is 12.9. The van der Waals surface area contributed by atoms with E-state index in [2.05, 4.69) is 5.32 Å². The number of ether oxygens (including phenoxy) is 1. The van der Waals surface area contributed by atoms with Crippen LogP contribution in [0.5, 0.6) is 5.75 Å². The summed E-state index contributed by atoms with van der Waals surface area (Å²) < 4.78 is 35.3. The van der Waals surface area contributed by atoms with Gasteiger partial charge in [-0.1, -0.05) is 23.8 Å². The van der Waals surface area contributed by atoms with Gasteiger partial charge in [-0.25, -0.2) is 13.4 Å². The van der Waals surface area contributed by atoms with Gasteiger partial charge in [-0.05, 0) is 93.3 Å². The van der Waals surface area contributed by atoms with Crippen LogP contribution in [0.25, 0.3) is 16.9 Å². The number of nitrogens with one attached hydrogen (secondary N) is 1. The largest absolute Gasteiger partial charge is 0.497 e. The smallest absolute Gasteiger partial charge is 0.243 e. The third-order valence-electron chi connectivity index (χ3n) is 6.99. The Bertz CT molecular complexity index is 1610. The van der Waals surface area contributed by atoms with Gasteiger partial charge in [0.25, 0.3) is 0 Å². The van der Waals surface area contributed by atoms with Crippen LogP contribution in [-0.4, -0.2) is 47.9 Å². The molecule has 39 heavy (non-hydrogen) atoms. The second-order valence-corrected chi connectivity index (χ2v) is 11.9. The Morgan fingerprint density at radius 1 is 1.00 bits per heavy atom. The molecule has 1 aromatic heterocycles. The van der Waals surface area contributed by atoms with E-state index in [-0.39, 0.29) is 17.5 Å². The van der Waals surface area contributed by atoms with Gasteiger partial charge >= 0.3 is 0 Å². The van der Waals surface area contributed by atoms with E-state index in [0.29, 0.717) is 11.6 Å². The molecule has 0 aliphatic heterocycles. The topological polar surface area (TPSA) is 93.5 Å². The molecule has 3 aromatic carbocycles. The number of sulfonamides is 1. The summed E-state index contributed by atoms with van der Waals surface area (Å²) in [5.41, 5.74) is 5.59. The quantitative estimate of drug-likeness (QED) is 0.310. The molecule has 0 spiro atoms. The molecule has 1 amide bonds. The number of hydrogen-bond acceptors (Lipinski definition) is 5. The van der Waals surface area contributed by atoms with Crippen LogP contribution in [0.1, 0.15) is 29.5 Å². The van der Waals surface area contributed by atoms with E-state index in [1.807, 2.05) is 74.0 Å². The highest BCUT2D eigenvalue weighted by molar-refractivity contribution is 7.89. The van der Waals surface area contributed by atoms with Crippen molar-refractivity contribution < 1.29 is 17.9 Å². The molecule has 0 atom stereocenters. The van der Waals surface area contributed by atoms with Crippen LogP contribution in [-0.2, 0) is 14.8 Å². The maximum absolute atomic E-state index is 13.4. The number of rotatable bonds is 9. The van der Waals surface area contributed by atoms with Crippen LogP contribution in [0.15, 0.2) is 77.8 Å². The molecule has 0 saturated heterocycles. The minimum atomic E-state index is -3.83. The fourth-order valence-corrected chi connectivity index (χ4v) is 6.01. The summed E-state index contributed by atoms with van der Waals surface area (Å²) >= 11 is 0. The number of hydrogen-bond donors (Lipinski definition) is 1. The van der Waals surface area contributed by atoms with Crippen molar-refractivity contribution in [2.75, 3.05) is 19.0 Å². The molecular weight excluding hydrogens is 512 g/mol. The number of aryl methyl sites for hydroxylation is 3. The zero-order valence-electron chi connectivity index (χ0n) is 22.5. The van der Waals surface area contributed by atoms with E-state index in [4.69, 9.17) is 9.72 Å². The zero-order valence-corrected chi connectivity index (χ0v) is 23.3. The number of anilines is 1. The molecule has 0 radical (unpaired) electrons. The summed E-state index contributed by atoms with van der Waals surface area (Å²) in [5.74, 6) is 0.600. The maximum atomic E-state index is 13.4. The SMILES string of the molecule is COc1ccc(-c2cn(-c3ccc(C)c(C)c3)c(NC(=O)CN(C3CC3)S(=O)(=O)c3ccc(C)cc3)n2)cc1. The molecule has 1 saturated carbocycles. The van der Waals surface area contributed by atoms with Gasteiger partial charge in [-0.2, -0.15) is 4.31 Å². The predicted octanol–water partition coefficient (Wildman–Crippen LogP) is 5.26. The number of nitrogens with zero attached hydrogens (tertiary/aromatic N) is 3. The fourth-order valence-electron chi connectivity index (χ4n) is 4.37. The van der Waals surface area contributed by atoms with Gasteiger partial charge in [0.2, 0.25) is 21.9 Å². The number of aromatic nitrogens is 2. The minimum Gasteiger partial charge on any atom is -0.497 e. The minimum absolute atomic E-state index is 0.184. The van der Waals surface area contributed by atoms with Crippen LogP contribution in [0.2, 0.25) is 0 Å². The van der Waals surface area contributed by atoms with Crippen molar-refractivity contribution in [2.45, 2.75) is 44.6 Å². The summed E-state index contributed by atoms with van der Waals surface area (Å²) in [4.78, 5) is 18.2. The summed E-state index contributed by atoms with van der Waals surface area (Å²) in [6.45, 7) is 5.68. The molecule has 1 fully saturated rings. The third kappa shape index (κ3) is 5.74. The zero-order chi connectivity index (χ0) is 27.7. The Morgan fingerprint density at radius 3 is 2.31 bits per heavy atom. The fraction of sp³-hybridized carbons (Fsp3) is 0.267. The summed E-state index contributed by atoms with van der Waals surface area (Å²) in [6, 6.07) is 20.1. The van der Waals surface area contributed by atoms with Gasteiger partial charge in [0.15, 0.2) is 0 Å². The van der Waals surface area contributed by atoms with Crippen molar-refractivity contribution in [1.82, 2.24) is 13.9 Å². The van der Waals surface area contributed by atoms with E-state index in [1.165, 1.54) is 4.31 Å². The number of methoxy groups -OCH3 is 1. The molecule has 5 rings (SSSR count). The summed E-state index contributed by atoms with van der Waals surface area (Å²) in [5, 5.41) is 2.88. The third-order valence-corrected chi connectivity index (χ3v) is 8.91. The van der Waals surface area contributed by atoms with E-state index in [9.17, 15) is 13.2 Å². The van der Waals surface area contributed by atoms with Crippen LogP contribution < -0.4 is 10.1 Å². The highest BCUT2D eigenvalue weighted by Crippen LogP contribution is 2.32. The molecular formula is C30H32N4O4S. The van der Waals surface area contributed by atoms with Crippen molar-refractivity contribution >= 4 is 21.9 Å². The van der Waals surface area contributed by atoms with Crippen molar-refractivity contribution in [3.05, 3.63) is 89.6 Å². The highest BCUT2D eigenvalue weighted by atomic mass is 32.2. The number of imidazole rings is 1. The first-order chi connectivity index (χ1) is 18.7. The Labute approximate surface area is 229 Å². The van der Waals surface area contributed by atoms with Crippen molar-refractivity contribution in [2.24, 2.45) is 0 Å².